The first-order chi connectivity index (χ1) is 19.7. The van der Waals surface area contributed by atoms with E-state index in [1.54, 1.807) is 7.11 Å². The van der Waals surface area contributed by atoms with Crippen LogP contribution >= 0.6 is 0 Å². The number of methoxy groups -OCH3 is 1. The minimum Gasteiger partial charge on any atom is -0.381 e. The molecule has 0 saturated heterocycles. The molecule has 2 heterocycles. The van der Waals surface area contributed by atoms with Crippen molar-refractivity contribution in [2.24, 2.45) is 11.3 Å². The van der Waals surface area contributed by atoms with Gasteiger partial charge in [-0.05, 0) is 87.8 Å². The summed E-state index contributed by atoms with van der Waals surface area (Å²) in [4.78, 5) is 25.6. The third-order valence-electron chi connectivity index (χ3n) is 10.3. The number of anilines is 1. The number of amides is 1. The minimum atomic E-state index is -0.134. The maximum absolute atomic E-state index is 14.0. The van der Waals surface area contributed by atoms with Gasteiger partial charge in [-0.25, -0.2) is 0 Å². The SMILES string of the molecule is COC1CC(C(=O)N(CC23CCC(c4nc(C(C)(C)C)no4)(CC2)CC3)c2cccc(-c3nc(C4CC4)no3)c2)C1. The van der Waals surface area contributed by atoms with Gasteiger partial charge in [0.2, 0.25) is 11.8 Å². The zero-order chi connectivity index (χ0) is 28.4. The maximum Gasteiger partial charge on any atom is 0.258 e. The number of aromatic nitrogens is 4. The summed E-state index contributed by atoms with van der Waals surface area (Å²) in [6.07, 6.45) is 10.2. The van der Waals surface area contributed by atoms with E-state index >= 15 is 0 Å². The van der Waals surface area contributed by atoms with Crippen LogP contribution in [0.4, 0.5) is 5.69 Å². The molecule has 41 heavy (non-hydrogen) atoms. The van der Waals surface area contributed by atoms with Crippen LogP contribution in [0.2, 0.25) is 0 Å². The van der Waals surface area contributed by atoms with Crippen molar-refractivity contribution in [3.05, 3.63) is 41.8 Å². The van der Waals surface area contributed by atoms with E-state index in [-0.39, 0.29) is 34.2 Å². The molecule has 218 valence electrons. The highest BCUT2D eigenvalue weighted by atomic mass is 16.5. The van der Waals surface area contributed by atoms with E-state index in [1.807, 2.05) is 24.3 Å². The van der Waals surface area contributed by atoms with Gasteiger partial charge in [0.05, 0.1) is 6.10 Å². The summed E-state index contributed by atoms with van der Waals surface area (Å²) in [5, 5.41) is 8.54. The number of carbonyl (C=O) groups excluding carboxylic acids is 1. The molecule has 1 aromatic carbocycles. The van der Waals surface area contributed by atoms with Crippen molar-refractivity contribution >= 4 is 11.6 Å². The number of benzene rings is 1. The van der Waals surface area contributed by atoms with Crippen molar-refractivity contribution in [1.29, 1.82) is 0 Å². The Balaban J connectivity index is 1.13. The molecular formula is C32H41N5O4. The van der Waals surface area contributed by atoms with Crippen LogP contribution in [-0.4, -0.2) is 45.9 Å². The van der Waals surface area contributed by atoms with Crippen LogP contribution in [-0.2, 0) is 20.4 Å². The highest BCUT2D eigenvalue weighted by Crippen LogP contribution is 2.58. The Labute approximate surface area is 241 Å². The molecule has 9 nitrogen and oxygen atoms in total. The summed E-state index contributed by atoms with van der Waals surface area (Å²) in [6, 6.07) is 8.08. The molecule has 5 fully saturated rings. The van der Waals surface area contributed by atoms with E-state index in [9.17, 15) is 4.79 Å². The zero-order valence-electron chi connectivity index (χ0n) is 24.7. The van der Waals surface area contributed by atoms with Crippen LogP contribution in [0.25, 0.3) is 11.5 Å². The molecular weight excluding hydrogens is 518 g/mol. The third kappa shape index (κ3) is 4.90. The Morgan fingerprint density at radius 2 is 1.76 bits per heavy atom. The number of nitrogens with zero attached hydrogens (tertiary/aromatic N) is 5. The van der Waals surface area contributed by atoms with Gasteiger partial charge in [0.25, 0.3) is 5.89 Å². The molecule has 8 rings (SSSR count). The van der Waals surface area contributed by atoms with Gasteiger partial charge in [-0.15, -0.1) is 0 Å². The molecule has 0 spiro atoms. The fourth-order valence-corrected chi connectivity index (χ4v) is 7.04. The Morgan fingerprint density at radius 1 is 1.02 bits per heavy atom. The first-order valence-electron chi connectivity index (χ1n) is 15.3. The fourth-order valence-electron chi connectivity index (χ4n) is 7.04. The lowest BCUT2D eigenvalue weighted by Crippen LogP contribution is -2.53. The number of hydrogen-bond acceptors (Lipinski definition) is 8. The lowest BCUT2D eigenvalue weighted by atomic mass is 9.53. The highest BCUT2D eigenvalue weighted by molar-refractivity contribution is 5.96. The van der Waals surface area contributed by atoms with E-state index in [4.69, 9.17) is 18.8 Å². The number of fused-ring (bicyclic) bond motifs is 3. The first-order valence-corrected chi connectivity index (χ1v) is 15.3. The Hall–Kier alpha value is -3.07. The third-order valence-corrected chi connectivity index (χ3v) is 10.3. The van der Waals surface area contributed by atoms with Crippen molar-refractivity contribution in [3.8, 4) is 11.5 Å². The van der Waals surface area contributed by atoms with Crippen molar-refractivity contribution in [1.82, 2.24) is 20.3 Å². The monoisotopic (exact) mass is 559 g/mol. The van der Waals surface area contributed by atoms with Crippen molar-refractivity contribution in [3.63, 3.8) is 0 Å². The van der Waals surface area contributed by atoms with E-state index in [0.717, 1.165) is 93.0 Å². The molecule has 0 aliphatic heterocycles. The van der Waals surface area contributed by atoms with Crippen molar-refractivity contribution in [2.45, 2.75) is 108 Å². The quantitative estimate of drug-likeness (QED) is 0.314. The van der Waals surface area contributed by atoms with Gasteiger partial charge in [-0.2, -0.15) is 9.97 Å². The molecule has 9 heteroatoms. The van der Waals surface area contributed by atoms with E-state index in [2.05, 4.69) is 41.0 Å². The maximum atomic E-state index is 14.0. The number of hydrogen-bond donors (Lipinski definition) is 0. The summed E-state index contributed by atoms with van der Waals surface area (Å²) in [5.74, 6) is 3.52. The average molecular weight is 560 g/mol. The smallest absolute Gasteiger partial charge is 0.258 e. The van der Waals surface area contributed by atoms with Gasteiger partial charge >= 0.3 is 0 Å². The van der Waals surface area contributed by atoms with Crippen LogP contribution < -0.4 is 4.90 Å². The Bertz CT molecular complexity index is 1400. The normalized spacial score (nSPS) is 29.4. The van der Waals surface area contributed by atoms with E-state index in [1.165, 1.54) is 0 Å². The summed E-state index contributed by atoms with van der Waals surface area (Å²) in [6.45, 7) is 7.07. The highest BCUT2D eigenvalue weighted by Gasteiger charge is 2.53. The molecule has 0 unspecified atom stereocenters. The number of rotatable bonds is 8. The topological polar surface area (TPSA) is 107 Å². The minimum absolute atomic E-state index is 0.00892. The zero-order valence-corrected chi connectivity index (χ0v) is 24.7. The summed E-state index contributed by atoms with van der Waals surface area (Å²) in [5.41, 5.74) is 1.67. The Kier molecular flexibility index (Phi) is 6.37. The standard InChI is InChI=1S/C32H41N5O4/c1-30(2,3)28-34-29(41-36-28)32-13-10-31(11-14-32,12-15-32)19-37(27(38)22-17-24(18-22)39-4)23-7-5-6-21(16-23)26-33-25(35-40-26)20-8-9-20/h5-7,16,20,22,24H,8-15,17-19H2,1-4H3. The van der Waals surface area contributed by atoms with Gasteiger partial charge in [-0.1, -0.05) is 37.2 Å². The predicted octanol–water partition coefficient (Wildman–Crippen LogP) is 6.34. The molecule has 5 aliphatic carbocycles. The lowest BCUT2D eigenvalue weighted by molar-refractivity contribution is -0.130. The van der Waals surface area contributed by atoms with Crippen LogP contribution in [0.3, 0.4) is 0 Å². The summed E-state index contributed by atoms with van der Waals surface area (Å²) in [7, 11) is 1.73. The molecule has 0 radical (unpaired) electrons. The predicted molar refractivity (Wildman–Crippen MR) is 152 cm³/mol. The molecule has 2 bridgehead atoms. The molecule has 5 aliphatic rings. The van der Waals surface area contributed by atoms with Gasteiger partial charge in [0.15, 0.2) is 11.6 Å². The van der Waals surface area contributed by atoms with Crippen LogP contribution in [0, 0.1) is 11.3 Å². The van der Waals surface area contributed by atoms with Crippen molar-refractivity contribution in [2.75, 3.05) is 18.6 Å². The summed E-state index contributed by atoms with van der Waals surface area (Å²) < 4.78 is 17.0. The largest absolute Gasteiger partial charge is 0.381 e. The van der Waals surface area contributed by atoms with Crippen molar-refractivity contribution < 1.29 is 18.6 Å². The van der Waals surface area contributed by atoms with Crippen LogP contribution in [0.5, 0.6) is 0 Å². The second-order valence-electron chi connectivity index (χ2n) is 14.2. The second-order valence-corrected chi connectivity index (χ2v) is 14.2. The number of ether oxygens (including phenoxy) is 1. The Morgan fingerprint density at radius 3 is 2.39 bits per heavy atom. The van der Waals surface area contributed by atoms with Gasteiger partial charge < -0.3 is 18.7 Å². The molecule has 2 aromatic heterocycles. The van der Waals surface area contributed by atoms with Gasteiger partial charge in [0.1, 0.15) is 0 Å². The molecule has 1 amide bonds. The lowest BCUT2D eigenvalue weighted by Gasteiger charge is -2.53. The second kappa shape index (κ2) is 9.75. The molecule has 0 N–H and O–H groups in total. The molecule has 0 atom stereocenters. The van der Waals surface area contributed by atoms with E-state index < -0.39 is 0 Å². The fraction of sp³-hybridized carbons (Fsp3) is 0.656. The number of carbonyl (C=O) groups is 1. The van der Waals surface area contributed by atoms with Gasteiger partial charge in [0, 0.05) is 47.6 Å². The van der Waals surface area contributed by atoms with Crippen LogP contribution in [0.15, 0.2) is 33.3 Å². The van der Waals surface area contributed by atoms with E-state index in [0.29, 0.717) is 18.4 Å². The summed E-state index contributed by atoms with van der Waals surface area (Å²) >= 11 is 0. The molecule has 3 aromatic rings. The van der Waals surface area contributed by atoms with Gasteiger partial charge in [-0.3, -0.25) is 4.79 Å². The van der Waals surface area contributed by atoms with Crippen LogP contribution in [0.1, 0.15) is 108 Å². The average Bonchev–Trinajstić information content (AvgIpc) is 3.44. The molecule has 5 saturated carbocycles. The first kappa shape index (κ1) is 26.8.